The summed E-state index contributed by atoms with van der Waals surface area (Å²) in [4.78, 5) is 59.8. The highest BCUT2D eigenvalue weighted by atomic mass is 32.2. The zero-order chi connectivity index (χ0) is 28.5. The molecule has 8 N–H and O–H groups in total. The molecule has 39 heavy (non-hydrogen) atoms. The number of thiazole rings is 1. The molecule has 3 amide bonds. The molecule has 1 unspecified atom stereocenters. The van der Waals surface area contributed by atoms with E-state index < -0.39 is 70.2 Å². The lowest BCUT2D eigenvalue weighted by Crippen LogP contribution is -2.74. The number of hydrogen-bond acceptors (Lipinski definition) is 14. The van der Waals surface area contributed by atoms with Crippen LogP contribution in [-0.4, -0.2) is 118 Å². The normalized spacial score (nSPS) is 24.3. The molecule has 4 rings (SSSR count). The Labute approximate surface area is 225 Å². The molecule has 3 fully saturated rings. The van der Waals surface area contributed by atoms with Gasteiger partial charge in [0.15, 0.2) is 10.8 Å². The first kappa shape index (κ1) is 28.4. The van der Waals surface area contributed by atoms with Gasteiger partial charge in [-0.25, -0.2) is 18.9 Å². The van der Waals surface area contributed by atoms with Gasteiger partial charge in [0.25, 0.3) is 11.8 Å². The van der Waals surface area contributed by atoms with Gasteiger partial charge >= 0.3 is 22.4 Å². The van der Waals surface area contributed by atoms with Gasteiger partial charge in [-0.15, -0.1) is 11.3 Å². The molecule has 0 spiro atoms. The molecule has 0 radical (unpaired) electrons. The topological polar surface area (TPSA) is 269 Å². The third-order valence-electron chi connectivity index (χ3n) is 6.14. The van der Waals surface area contributed by atoms with Crippen LogP contribution in [0.25, 0.3) is 0 Å². The lowest BCUT2D eigenvalue weighted by atomic mass is 9.97. The average molecular weight is 591 g/mol. The number of nitrogens with zero attached hydrogens (tertiary/aromatic N) is 4. The maximum atomic E-state index is 13.2. The minimum absolute atomic E-state index is 0.0387. The Bertz CT molecular complexity index is 1300. The summed E-state index contributed by atoms with van der Waals surface area (Å²) in [7, 11) is -5.04. The first-order chi connectivity index (χ1) is 18.4. The number of oxime groups is 1. The lowest BCUT2D eigenvalue weighted by Gasteiger charge is -2.45. The quantitative estimate of drug-likeness (QED) is 0.0437. The number of β-lactam (4-membered cyclic amide) rings is 1. The second-order valence-electron chi connectivity index (χ2n) is 8.94. The van der Waals surface area contributed by atoms with Crippen LogP contribution >= 0.6 is 11.3 Å². The van der Waals surface area contributed by atoms with E-state index in [-0.39, 0.29) is 41.1 Å². The van der Waals surface area contributed by atoms with Gasteiger partial charge in [-0.3, -0.25) is 14.1 Å². The summed E-state index contributed by atoms with van der Waals surface area (Å²) in [6, 6.07) is -2.91. The smallest absolute Gasteiger partial charge is 0.410 e. The Hall–Kier alpha value is -3.59. The van der Waals surface area contributed by atoms with Crippen LogP contribution in [0.5, 0.6) is 0 Å². The molecule has 3 heterocycles. The van der Waals surface area contributed by atoms with Crippen molar-refractivity contribution in [1.29, 1.82) is 0 Å². The molecule has 3 aliphatic rings. The number of amides is 3. The highest BCUT2D eigenvalue weighted by Gasteiger charge is 2.56. The molecular formula is C19H26N8O10S2. The zero-order valence-electron chi connectivity index (χ0n) is 20.2. The van der Waals surface area contributed by atoms with Gasteiger partial charge in [-0.2, -0.15) is 8.42 Å². The number of aromatic nitrogens is 1. The van der Waals surface area contributed by atoms with Crippen molar-refractivity contribution in [3.8, 4) is 0 Å². The van der Waals surface area contributed by atoms with Gasteiger partial charge in [-0.05, 0) is 0 Å². The standard InChI is InChI=1S/C19H26N8O10S2/c20-3-4-22-5-9-6-26(18(32)36-9)7-11-13(15(29)27(11)39(33,34)35)24-14(28)12(10-8-38-17(21)23-10)25-37-19(1-2-19)16(30)31/h8-9,11,13,22H,1-7,20H2,(H2,21,23)(H,24,28)(H,30,31)(H,33,34,35)/b25-12-/t9?,11-,13+/m1/s1. The second-order valence-corrected chi connectivity index (χ2v) is 11.1. The van der Waals surface area contributed by atoms with Crippen molar-refractivity contribution in [2.24, 2.45) is 10.9 Å². The first-order valence-electron chi connectivity index (χ1n) is 11.5. The van der Waals surface area contributed by atoms with Crippen molar-refractivity contribution in [3.63, 3.8) is 0 Å². The molecule has 18 nitrogen and oxygen atoms in total. The summed E-state index contributed by atoms with van der Waals surface area (Å²) in [5.41, 5.74) is 8.85. The predicted octanol–water partition coefficient (Wildman–Crippen LogP) is -3.07. The van der Waals surface area contributed by atoms with Crippen molar-refractivity contribution >= 4 is 56.4 Å². The molecule has 20 heteroatoms. The molecule has 0 aromatic carbocycles. The van der Waals surface area contributed by atoms with E-state index in [4.69, 9.17) is 21.0 Å². The number of carbonyl (C=O) groups is 4. The predicted molar refractivity (Wildman–Crippen MR) is 132 cm³/mol. The van der Waals surface area contributed by atoms with Crippen molar-refractivity contribution in [2.45, 2.75) is 36.6 Å². The molecule has 1 aromatic heterocycles. The van der Waals surface area contributed by atoms with Gasteiger partial charge < -0.3 is 41.7 Å². The number of carbonyl (C=O) groups excluding carboxylic acids is 3. The van der Waals surface area contributed by atoms with Crippen LogP contribution in [0.4, 0.5) is 9.93 Å². The summed E-state index contributed by atoms with van der Waals surface area (Å²) in [5, 5.41) is 19.7. The highest BCUT2D eigenvalue weighted by Crippen LogP contribution is 2.40. The molecule has 2 aliphatic heterocycles. The van der Waals surface area contributed by atoms with Gasteiger partial charge in [0.05, 0.1) is 12.6 Å². The van der Waals surface area contributed by atoms with Crippen LogP contribution in [0.15, 0.2) is 10.5 Å². The number of nitrogen functional groups attached to an aromatic ring is 1. The minimum atomic E-state index is -5.04. The zero-order valence-corrected chi connectivity index (χ0v) is 21.8. The first-order valence-corrected chi connectivity index (χ1v) is 13.8. The number of cyclic esters (lactones) is 1. The van der Waals surface area contributed by atoms with Crippen LogP contribution in [0.2, 0.25) is 0 Å². The maximum absolute atomic E-state index is 13.2. The Morgan fingerprint density at radius 3 is 2.64 bits per heavy atom. The second kappa shape index (κ2) is 10.9. The van der Waals surface area contributed by atoms with Gasteiger partial charge in [0.1, 0.15) is 17.8 Å². The molecule has 214 valence electrons. The molecule has 2 saturated heterocycles. The average Bonchev–Trinajstić information content (AvgIpc) is 3.41. The molecule has 0 bridgehead atoms. The van der Waals surface area contributed by atoms with Gasteiger partial charge in [0, 0.05) is 44.4 Å². The van der Waals surface area contributed by atoms with E-state index in [1.165, 1.54) is 5.38 Å². The Kier molecular flexibility index (Phi) is 7.93. The molecule has 1 aromatic rings. The number of aliphatic carboxylic acids is 1. The third kappa shape index (κ3) is 6.03. The molecule has 1 saturated carbocycles. The SMILES string of the molecule is NCCNCC1CN(C[C@@H]2[C@H](NC(=O)/C(=N\OC3(C(=O)O)CC3)c3csc(N)n3)C(=O)N2S(=O)(=O)O)C(=O)O1. The number of ether oxygens (including phenoxy) is 1. The van der Waals surface area contributed by atoms with Crippen LogP contribution in [-0.2, 0) is 34.3 Å². The number of nitrogens with two attached hydrogens (primary N) is 2. The summed E-state index contributed by atoms with van der Waals surface area (Å²) < 4.78 is 38.7. The van der Waals surface area contributed by atoms with E-state index in [1.54, 1.807) is 0 Å². The highest BCUT2D eigenvalue weighted by molar-refractivity contribution is 7.84. The van der Waals surface area contributed by atoms with E-state index in [9.17, 15) is 37.3 Å². The van der Waals surface area contributed by atoms with E-state index in [1.807, 2.05) is 0 Å². The Balaban J connectivity index is 1.51. The monoisotopic (exact) mass is 590 g/mol. The fourth-order valence-corrected chi connectivity index (χ4v) is 5.38. The third-order valence-corrected chi connectivity index (χ3v) is 7.76. The summed E-state index contributed by atoms with van der Waals surface area (Å²) >= 11 is 0.954. The minimum Gasteiger partial charge on any atom is -0.478 e. The molecule has 1 aliphatic carbocycles. The van der Waals surface area contributed by atoms with Gasteiger partial charge in [-0.1, -0.05) is 5.16 Å². The number of carboxylic acid groups (broad SMARTS) is 1. The van der Waals surface area contributed by atoms with E-state index in [0.29, 0.717) is 13.1 Å². The summed E-state index contributed by atoms with van der Waals surface area (Å²) in [5.74, 6) is -3.52. The summed E-state index contributed by atoms with van der Waals surface area (Å²) in [6.07, 6.45) is -1.06. The molecule has 3 atom stereocenters. The van der Waals surface area contributed by atoms with E-state index >= 15 is 0 Å². The number of rotatable bonds is 13. The maximum Gasteiger partial charge on any atom is 0.410 e. The van der Waals surface area contributed by atoms with E-state index in [2.05, 4.69) is 20.8 Å². The number of anilines is 1. The van der Waals surface area contributed by atoms with Gasteiger partial charge in [0.2, 0.25) is 5.60 Å². The van der Waals surface area contributed by atoms with Crippen LogP contribution in [0, 0.1) is 0 Å². The fraction of sp³-hybridized carbons (Fsp3) is 0.579. The van der Waals surface area contributed by atoms with Crippen molar-refractivity contribution < 1.29 is 46.8 Å². The van der Waals surface area contributed by atoms with Crippen molar-refractivity contribution in [3.05, 3.63) is 11.1 Å². The van der Waals surface area contributed by atoms with Crippen molar-refractivity contribution in [2.75, 3.05) is 38.5 Å². The largest absolute Gasteiger partial charge is 0.478 e. The number of carboxylic acids is 1. The fourth-order valence-electron chi connectivity index (χ4n) is 3.96. The number of nitrogens with one attached hydrogen (secondary N) is 2. The lowest BCUT2D eigenvalue weighted by molar-refractivity contribution is -0.153. The Morgan fingerprint density at radius 2 is 2.08 bits per heavy atom. The molecular weight excluding hydrogens is 564 g/mol. The Morgan fingerprint density at radius 1 is 1.36 bits per heavy atom. The van der Waals surface area contributed by atoms with Crippen LogP contribution in [0.1, 0.15) is 18.5 Å². The van der Waals surface area contributed by atoms with Crippen molar-refractivity contribution in [1.82, 2.24) is 24.8 Å². The van der Waals surface area contributed by atoms with Crippen LogP contribution in [0.3, 0.4) is 0 Å². The number of hydrogen-bond donors (Lipinski definition) is 6. The summed E-state index contributed by atoms with van der Waals surface area (Å²) in [6.45, 7) is 0.746. The van der Waals surface area contributed by atoms with E-state index in [0.717, 1.165) is 16.2 Å². The van der Waals surface area contributed by atoms with Crippen LogP contribution < -0.4 is 22.1 Å².